The lowest BCUT2D eigenvalue weighted by Crippen LogP contribution is -1.83. The summed E-state index contributed by atoms with van der Waals surface area (Å²) in [5.74, 6) is 0. The largest absolute Gasteiger partial charge is 0.198 e. The number of hydrogen-bond acceptors (Lipinski definition) is 2. The molecule has 1 aromatic carbocycles. The highest BCUT2D eigenvalue weighted by molar-refractivity contribution is 7.18. The fourth-order valence-electron chi connectivity index (χ4n) is 1.56. The van der Waals surface area contributed by atoms with Crippen LogP contribution in [0, 0.1) is 18.3 Å². The van der Waals surface area contributed by atoms with Gasteiger partial charge >= 0.3 is 0 Å². The molecule has 0 spiro atoms. The first kappa shape index (κ1) is 9.51. The lowest BCUT2D eigenvalue weighted by Gasteiger charge is -2.00. The summed E-state index contributed by atoms with van der Waals surface area (Å²) in [5, 5.41) is 12.5. The van der Waals surface area contributed by atoms with Crippen molar-refractivity contribution in [1.29, 1.82) is 5.26 Å². The standard InChI is InChI=1S/C11H8ClNS/c1-7-4-8(2-3-13)11-9(5-7)10(12)6-14-11/h4-6H,2H2,1H3. The zero-order chi connectivity index (χ0) is 10.1. The maximum atomic E-state index is 8.70. The van der Waals surface area contributed by atoms with Crippen molar-refractivity contribution in [2.24, 2.45) is 0 Å². The summed E-state index contributed by atoms with van der Waals surface area (Å²) in [6.45, 7) is 2.02. The summed E-state index contributed by atoms with van der Waals surface area (Å²) in [6, 6.07) is 6.29. The minimum Gasteiger partial charge on any atom is -0.198 e. The molecule has 0 saturated heterocycles. The number of rotatable bonds is 1. The van der Waals surface area contributed by atoms with Crippen LogP contribution in [0.1, 0.15) is 11.1 Å². The van der Waals surface area contributed by atoms with E-state index < -0.39 is 0 Å². The van der Waals surface area contributed by atoms with Gasteiger partial charge in [-0.1, -0.05) is 23.2 Å². The van der Waals surface area contributed by atoms with Gasteiger partial charge in [-0.25, -0.2) is 0 Å². The van der Waals surface area contributed by atoms with Crippen LogP contribution in [0.2, 0.25) is 5.02 Å². The quantitative estimate of drug-likeness (QED) is 0.716. The van der Waals surface area contributed by atoms with Gasteiger partial charge in [0.2, 0.25) is 0 Å². The first-order valence-electron chi connectivity index (χ1n) is 4.25. The van der Waals surface area contributed by atoms with Gasteiger partial charge in [0.1, 0.15) is 0 Å². The number of benzene rings is 1. The second-order valence-electron chi connectivity index (χ2n) is 3.22. The van der Waals surface area contributed by atoms with E-state index >= 15 is 0 Å². The normalized spacial score (nSPS) is 10.4. The second kappa shape index (κ2) is 3.61. The van der Waals surface area contributed by atoms with Gasteiger partial charge < -0.3 is 0 Å². The summed E-state index contributed by atoms with van der Waals surface area (Å²) < 4.78 is 1.14. The fourth-order valence-corrected chi connectivity index (χ4v) is 2.82. The summed E-state index contributed by atoms with van der Waals surface area (Å²) in [7, 11) is 0. The Morgan fingerprint density at radius 2 is 2.29 bits per heavy atom. The maximum Gasteiger partial charge on any atom is 0.0670 e. The van der Waals surface area contributed by atoms with Gasteiger partial charge in [-0.3, -0.25) is 0 Å². The molecule has 0 atom stereocenters. The molecule has 2 rings (SSSR count). The van der Waals surface area contributed by atoms with Crippen LogP contribution in [-0.4, -0.2) is 0 Å². The van der Waals surface area contributed by atoms with Gasteiger partial charge in [-0.15, -0.1) is 11.3 Å². The number of hydrogen-bond donors (Lipinski definition) is 0. The van der Waals surface area contributed by atoms with Gasteiger partial charge in [0.25, 0.3) is 0 Å². The molecule has 0 aliphatic carbocycles. The zero-order valence-electron chi connectivity index (χ0n) is 7.67. The van der Waals surface area contributed by atoms with Gasteiger partial charge in [-0.2, -0.15) is 5.26 Å². The maximum absolute atomic E-state index is 8.70. The van der Waals surface area contributed by atoms with Gasteiger partial charge in [-0.05, 0) is 18.6 Å². The minimum atomic E-state index is 0.453. The first-order chi connectivity index (χ1) is 6.72. The Morgan fingerprint density at radius 1 is 1.50 bits per heavy atom. The number of halogens is 1. The summed E-state index contributed by atoms with van der Waals surface area (Å²) in [6.07, 6.45) is 0.453. The summed E-state index contributed by atoms with van der Waals surface area (Å²) in [5.41, 5.74) is 2.24. The van der Waals surface area contributed by atoms with Gasteiger partial charge in [0.15, 0.2) is 0 Å². The molecule has 0 fully saturated rings. The van der Waals surface area contributed by atoms with Crippen LogP contribution in [0.15, 0.2) is 17.5 Å². The molecule has 2 aromatic rings. The van der Waals surface area contributed by atoms with Crippen LogP contribution < -0.4 is 0 Å². The highest BCUT2D eigenvalue weighted by atomic mass is 35.5. The van der Waals surface area contributed by atoms with Crippen molar-refractivity contribution in [2.45, 2.75) is 13.3 Å². The molecule has 0 radical (unpaired) electrons. The molecule has 14 heavy (non-hydrogen) atoms. The van der Waals surface area contributed by atoms with E-state index in [-0.39, 0.29) is 0 Å². The topological polar surface area (TPSA) is 23.8 Å². The Kier molecular flexibility index (Phi) is 2.45. The molecule has 0 saturated carbocycles. The molecule has 1 aromatic heterocycles. The van der Waals surface area contributed by atoms with Crippen molar-refractivity contribution in [3.63, 3.8) is 0 Å². The molecule has 3 heteroatoms. The number of nitrogens with zero attached hydrogens (tertiary/aromatic N) is 1. The third-order valence-electron chi connectivity index (χ3n) is 2.12. The average molecular weight is 222 g/mol. The third-order valence-corrected chi connectivity index (χ3v) is 3.63. The van der Waals surface area contributed by atoms with E-state index in [4.69, 9.17) is 16.9 Å². The van der Waals surface area contributed by atoms with E-state index in [0.29, 0.717) is 6.42 Å². The third kappa shape index (κ3) is 1.50. The van der Waals surface area contributed by atoms with Crippen molar-refractivity contribution >= 4 is 33.0 Å². The Balaban J connectivity index is 2.76. The van der Waals surface area contributed by atoms with E-state index in [2.05, 4.69) is 18.2 Å². The van der Waals surface area contributed by atoms with Crippen molar-refractivity contribution in [2.75, 3.05) is 0 Å². The molecular weight excluding hydrogens is 214 g/mol. The van der Waals surface area contributed by atoms with Crippen LogP contribution in [0.4, 0.5) is 0 Å². The molecule has 0 unspecified atom stereocenters. The van der Waals surface area contributed by atoms with Crippen molar-refractivity contribution < 1.29 is 0 Å². The highest BCUT2D eigenvalue weighted by Gasteiger charge is 2.07. The van der Waals surface area contributed by atoms with Crippen LogP contribution in [0.25, 0.3) is 10.1 Å². The van der Waals surface area contributed by atoms with E-state index in [1.807, 2.05) is 12.3 Å². The van der Waals surface area contributed by atoms with Gasteiger partial charge in [0.05, 0.1) is 17.5 Å². The number of fused-ring (bicyclic) bond motifs is 1. The number of thiophene rings is 1. The molecule has 1 nitrogen and oxygen atoms in total. The monoisotopic (exact) mass is 221 g/mol. The zero-order valence-corrected chi connectivity index (χ0v) is 9.25. The van der Waals surface area contributed by atoms with Crippen molar-refractivity contribution in [3.8, 4) is 6.07 Å². The van der Waals surface area contributed by atoms with Crippen LogP contribution in [0.5, 0.6) is 0 Å². The van der Waals surface area contributed by atoms with E-state index in [9.17, 15) is 0 Å². The van der Waals surface area contributed by atoms with E-state index in [0.717, 1.165) is 26.2 Å². The summed E-state index contributed by atoms with van der Waals surface area (Å²) >= 11 is 7.65. The van der Waals surface area contributed by atoms with E-state index in [1.54, 1.807) is 11.3 Å². The average Bonchev–Trinajstić information content (AvgIpc) is 2.49. The fraction of sp³-hybridized carbons (Fsp3) is 0.182. The molecule has 70 valence electrons. The van der Waals surface area contributed by atoms with Gasteiger partial charge in [0, 0.05) is 15.5 Å². The summed E-state index contributed by atoms with van der Waals surface area (Å²) in [4.78, 5) is 0. The molecule has 0 N–H and O–H groups in total. The predicted molar refractivity (Wildman–Crippen MR) is 60.9 cm³/mol. The molecule has 0 amide bonds. The first-order valence-corrected chi connectivity index (χ1v) is 5.51. The van der Waals surface area contributed by atoms with Crippen molar-refractivity contribution in [1.82, 2.24) is 0 Å². The Hall–Kier alpha value is -1.04. The van der Waals surface area contributed by atoms with Crippen LogP contribution in [0.3, 0.4) is 0 Å². The Morgan fingerprint density at radius 3 is 3.00 bits per heavy atom. The van der Waals surface area contributed by atoms with Crippen LogP contribution in [-0.2, 0) is 6.42 Å². The molecule has 1 heterocycles. The SMILES string of the molecule is Cc1cc(CC#N)c2scc(Cl)c2c1. The minimum absolute atomic E-state index is 0.453. The lowest BCUT2D eigenvalue weighted by atomic mass is 10.1. The van der Waals surface area contributed by atoms with Crippen molar-refractivity contribution in [3.05, 3.63) is 33.7 Å². The lowest BCUT2D eigenvalue weighted by molar-refractivity contribution is 1.28. The Labute approximate surface area is 91.5 Å². The number of aryl methyl sites for hydroxylation is 1. The molecular formula is C11H8ClNS. The molecule has 0 aliphatic rings. The highest BCUT2D eigenvalue weighted by Crippen LogP contribution is 2.33. The molecule has 0 bridgehead atoms. The molecule has 0 aliphatic heterocycles. The predicted octanol–water partition coefficient (Wildman–Crippen LogP) is 3.93. The second-order valence-corrected chi connectivity index (χ2v) is 4.51. The number of nitriles is 1. The smallest absolute Gasteiger partial charge is 0.0670 e. The van der Waals surface area contributed by atoms with Crippen LogP contribution >= 0.6 is 22.9 Å². The Bertz CT molecular complexity index is 522. The van der Waals surface area contributed by atoms with E-state index in [1.165, 1.54) is 0 Å².